The molecule has 5 heteroatoms. The van der Waals surface area contributed by atoms with E-state index < -0.39 is 16.9 Å². The van der Waals surface area contributed by atoms with Gasteiger partial charge in [0, 0.05) is 18.4 Å². The Hall–Kier alpha value is -1.10. The third-order valence-electron chi connectivity index (χ3n) is 4.92. The molecule has 2 aliphatic rings. The van der Waals surface area contributed by atoms with Gasteiger partial charge in [0.05, 0.1) is 6.54 Å². The molecule has 0 aromatic heterocycles. The molecule has 0 bridgehead atoms. The van der Waals surface area contributed by atoms with Gasteiger partial charge < -0.3 is 15.7 Å². The van der Waals surface area contributed by atoms with Crippen LogP contribution >= 0.6 is 0 Å². The number of primary amides is 1. The van der Waals surface area contributed by atoms with Crippen LogP contribution in [0.25, 0.3) is 0 Å². The summed E-state index contributed by atoms with van der Waals surface area (Å²) in [6.45, 7) is 4.41. The second-order valence-electron chi connectivity index (χ2n) is 6.58. The number of nitrogens with two attached hydrogens (primary N) is 1. The van der Waals surface area contributed by atoms with Gasteiger partial charge in [-0.15, -0.1) is 0 Å². The van der Waals surface area contributed by atoms with Gasteiger partial charge in [-0.05, 0) is 18.8 Å². The molecule has 19 heavy (non-hydrogen) atoms. The quantitative estimate of drug-likeness (QED) is 0.788. The van der Waals surface area contributed by atoms with Crippen molar-refractivity contribution < 1.29 is 14.7 Å². The molecule has 1 atom stereocenters. The average molecular weight is 268 g/mol. The van der Waals surface area contributed by atoms with Crippen molar-refractivity contribution in [3.63, 3.8) is 0 Å². The van der Waals surface area contributed by atoms with Crippen LogP contribution in [0.1, 0.15) is 46.0 Å². The van der Waals surface area contributed by atoms with Crippen molar-refractivity contribution in [1.29, 1.82) is 0 Å². The zero-order valence-electron chi connectivity index (χ0n) is 11.8. The van der Waals surface area contributed by atoms with E-state index >= 15 is 0 Å². The number of carbonyl (C=O) groups excluding carboxylic acids is 2. The molecule has 108 valence electrons. The van der Waals surface area contributed by atoms with Gasteiger partial charge in [0.2, 0.25) is 5.91 Å². The fraction of sp³-hybridized carbons (Fsp3) is 0.857. The Bertz CT molecular complexity index is 388. The topological polar surface area (TPSA) is 83.6 Å². The fourth-order valence-electron chi connectivity index (χ4n) is 3.40. The molecule has 1 aliphatic heterocycles. The normalized spacial score (nSPS) is 28.9. The number of rotatable bonds is 3. The Balaban J connectivity index is 2.06. The standard InChI is InChI=1S/C14H24N2O3/c1-13(2,10-5-3-4-6-10)12(18)16-8-7-14(19,9-16)11(15)17/h10,19H,3-9H2,1-2H3,(H2,15,17). The summed E-state index contributed by atoms with van der Waals surface area (Å²) in [5.41, 5.74) is 3.24. The Morgan fingerprint density at radius 2 is 1.89 bits per heavy atom. The van der Waals surface area contributed by atoms with Gasteiger partial charge in [-0.2, -0.15) is 0 Å². The molecule has 0 aromatic carbocycles. The molecule has 0 radical (unpaired) electrons. The third kappa shape index (κ3) is 2.48. The summed E-state index contributed by atoms with van der Waals surface area (Å²) in [6, 6.07) is 0. The van der Waals surface area contributed by atoms with Crippen molar-refractivity contribution >= 4 is 11.8 Å². The van der Waals surface area contributed by atoms with E-state index in [0.717, 1.165) is 12.8 Å². The fourth-order valence-corrected chi connectivity index (χ4v) is 3.40. The maximum absolute atomic E-state index is 12.6. The first kappa shape index (κ1) is 14.3. The number of aliphatic hydroxyl groups is 1. The summed E-state index contributed by atoms with van der Waals surface area (Å²) in [4.78, 5) is 25.5. The van der Waals surface area contributed by atoms with Gasteiger partial charge in [0.25, 0.3) is 5.91 Å². The van der Waals surface area contributed by atoms with Crippen LogP contribution in [0.15, 0.2) is 0 Å². The summed E-state index contributed by atoms with van der Waals surface area (Å²) >= 11 is 0. The minimum Gasteiger partial charge on any atom is -0.378 e. The summed E-state index contributed by atoms with van der Waals surface area (Å²) in [6.07, 6.45) is 4.80. The molecule has 2 rings (SSSR count). The number of β-amino-alcohol motifs (C(OH)–C–C–N with tert-alkyl or cyclic N) is 1. The molecule has 0 spiro atoms. The molecular weight excluding hydrogens is 244 g/mol. The molecule has 1 saturated carbocycles. The van der Waals surface area contributed by atoms with Gasteiger partial charge in [-0.3, -0.25) is 9.59 Å². The van der Waals surface area contributed by atoms with E-state index in [1.807, 2.05) is 13.8 Å². The first-order chi connectivity index (χ1) is 8.77. The Kier molecular flexibility index (Phi) is 3.60. The van der Waals surface area contributed by atoms with Gasteiger partial charge in [0.15, 0.2) is 5.60 Å². The van der Waals surface area contributed by atoms with Crippen molar-refractivity contribution in [2.75, 3.05) is 13.1 Å². The molecule has 0 aromatic rings. The molecule has 1 aliphatic carbocycles. The maximum atomic E-state index is 12.6. The number of hydrogen-bond donors (Lipinski definition) is 2. The molecule has 2 fully saturated rings. The highest BCUT2D eigenvalue weighted by molar-refractivity contribution is 5.87. The number of likely N-dealkylation sites (tertiary alicyclic amines) is 1. The zero-order chi connectivity index (χ0) is 14.3. The lowest BCUT2D eigenvalue weighted by molar-refractivity contribution is -0.144. The molecule has 2 amide bonds. The number of carbonyl (C=O) groups is 2. The summed E-state index contributed by atoms with van der Waals surface area (Å²) in [5, 5.41) is 10.1. The smallest absolute Gasteiger partial charge is 0.251 e. The van der Waals surface area contributed by atoms with Crippen LogP contribution < -0.4 is 5.73 Å². The first-order valence-corrected chi connectivity index (χ1v) is 7.09. The molecule has 5 nitrogen and oxygen atoms in total. The second kappa shape index (κ2) is 4.78. The minimum absolute atomic E-state index is 0.0385. The van der Waals surface area contributed by atoms with Crippen molar-refractivity contribution in [3.8, 4) is 0 Å². The van der Waals surface area contributed by atoms with E-state index in [2.05, 4.69) is 0 Å². The van der Waals surface area contributed by atoms with Crippen LogP contribution in [-0.2, 0) is 9.59 Å². The van der Waals surface area contributed by atoms with Crippen molar-refractivity contribution in [2.45, 2.75) is 51.6 Å². The molecule has 1 unspecified atom stereocenters. The average Bonchev–Trinajstić information content (AvgIpc) is 2.97. The van der Waals surface area contributed by atoms with Crippen LogP contribution in [0.2, 0.25) is 0 Å². The lowest BCUT2D eigenvalue weighted by Gasteiger charge is -2.34. The largest absolute Gasteiger partial charge is 0.378 e. The van der Waals surface area contributed by atoms with Gasteiger partial charge in [-0.1, -0.05) is 26.7 Å². The highest BCUT2D eigenvalue weighted by Crippen LogP contribution is 2.41. The second-order valence-corrected chi connectivity index (χ2v) is 6.58. The Morgan fingerprint density at radius 3 is 2.37 bits per heavy atom. The number of hydrogen-bond acceptors (Lipinski definition) is 3. The predicted molar refractivity (Wildman–Crippen MR) is 71.1 cm³/mol. The SMILES string of the molecule is CC(C)(C(=O)N1CCC(O)(C(N)=O)C1)C1CCCC1. The summed E-state index contributed by atoms with van der Waals surface area (Å²) in [7, 11) is 0. The maximum Gasteiger partial charge on any atom is 0.251 e. The van der Waals surface area contributed by atoms with E-state index in [4.69, 9.17) is 5.73 Å². The lowest BCUT2D eigenvalue weighted by atomic mass is 9.76. The molecule has 3 N–H and O–H groups in total. The van der Waals surface area contributed by atoms with Crippen LogP contribution in [0, 0.1) is 11.3 Å². The Labute approximate surface area is 114 Å². The van der Waals surface area contributed by atoms with Gasteiger partial charge >= 0.3 is 0 Å². The highest BCUT2D eigenvalue weighted by Gasteiger charge is 2.47. The van der Waals surface area contributed by atoms with Crippen LogP contribution in [0.5, 0.6) is 0 Å². The van der Waals surface area contributed by atoms with E-state index in [1.54, 1.807) is 4.90 Å². The van der Waals surface area contributed by atoms with Crippen molar-refractivity contribution in [3.05, 3.63) is 0 Å². The lowest BCUT2D eigenvalue weighted by Crippen LogP contribution is -2.49. The van der Waals surface area contributed by atoms with E-state index in [9.17, 15) is 14.7 Å². The van der Waals surface area contributed by atoms with E-state index in [-0.39, 0.29) is 18.9 Å². The van der Waals surface area contributed by atoms with Crippen LogP contribution in [-0.4, -0.2) is 40.5 Å². The zero-order valence-corrected chi connectivity index (χ0v) is 11.8. The predicted octanol–water partition coefficient (Wildman–Crippen LogP) is 0.651. The first-order valence-electron chi connectivity index (χ1n) is 7.09. The van der Waals surface area contributed by atoms with Crippen molar-refractivity contribution in [1.82, 2.24) is 4.90 Å². The monoisotopic (exact) mass is 268 g/mol. The van der Waals surface area contributed by atoms with Crippen LogP contribution in [0.3, 0.4) is 0 Å². The molecular formula is C14H24N2O3. The Morgan fingerprint density at radius 1 is 1.32 bits per heavy atom. The van der Waals surface area contributed by atoms with Crippen molar-refractivity contribution in [2.24, 2.45) is 17.1 Å². The summed E-state index contributed by atoms with van der Waals surface area (Å²) in [5.74, 6) is -0.291. The molecule has 1 heterocycles. The number of nitrogens with zero attached hydrogens (tertiary/aromatic N) is 1. The molecule has 1 saturated heterocycles. The van der Waals surface area contributed by atoms with Gasteiger partial charge in [-0.25, -0.2) is 0 Å². The van der Waals surface area contributed by atoms with Crippen LogP contribution in [0.4, 0.5) is 0 Å². The summed E-state index contributed by atoms with van der Waals surface area (Å²) < 4.78 is 0. The van der Waals surface area contributed by atoms with Gasteiger partial charge in [0.1, 0.15) is 0 Å². The number of amides is 2. The van der Waals surface area contributed by atoms with E-state index in [0.29, 0.717) is 12.5 Å². The minimum atomic E-state index is -1.54. The van der Waals surface area contributed by atoms with E-state index in [1.165, 1.54) is 12.8 Å². The third-order valence-corrected chi connectivity index (χ3v) is 4.92. The highest BCUT2D eigenvalue weighted by atomic mass is 16.3.